The number of aliphatic imine (C=N–C) groups is 2. The summed E-state index contributed by atoms with van der Waals surface area (Å²) < 4.78 is 0. The number of fused-ring (bicyclic) bond motifs is 1. The van der Waals surface area contributed by atoms with E-state index in [0.717, 1.165) is 41.5 Å². The van der Waals surface area contributed by atoms with Crippen molar-refractivity contribution in [3.8, 4) is 0 Å². The molecule has 1 unspecified atom stereocenters. The lowest BCUT2D eigenvalue weighted by molar-refractivity contribution is 0.206. The van der Waals surface area contributed by atoms with Crippen LogP contribution in [0.15, 0.2) is 58.5 Å². The minimum Gasteiger partial charge on any atom is -0.341 e. The first-order valence-corrected chi connectivity index (χ1v) is 9.55. The Bertz CT molecular complexity index is 838. The average Bonchev–Trinajstić information content (AvgIpc) is 2.86. The number of nitrogens with zero attached hydrogens (tertiary/aromatic N) is 3. The van der Waals surface area contributed by atoms with Crippen LogP contribution in [-0.2, 0) is 0 Å². The van der Waals surface area contributed by atoms with E-state index in [4.69, 9.17) is 16.6 Å². The normalized spacial score (nSPS) is 22.3. The summed E-state index contributed by atoms with van der Waals surface area (Å²) >= 11 is 6.31. The van der Waals surface area contributed by atoms with E-state index in [2.05, 4.69) is 27.3 Å². The molecule has 0 spiro atoms. The van der Waals surface area contributed by atoms with Crippen molar-refractivity contribution in [1.29, 1.82) is 0 Å². The number of rotatable bonds is 2. The van der Waals surface area contributed by atoms with Gasteiger partial charge in [0.05, 0.1) is 5.71 Å². The summed E-state index contributed by atoms with van der Waals surface area (Å²) in [5.74, 6) is 0.890. The second kappa shape index (κ2) is 7.60. The summed E-state index contributed by atoms with van der Waals surface area (Å²) in [5.41, 5.74) is 4.07. The number of halogens is 1. The number of benzodiazepines with no additional fused rings is 1. The molecule has 4 rings (SSSR count). The van der Waals surface area contributed by atoms with Gasteiger partial charge in [-0.3, -0.25) is 14.9 Å². The van der Waals surface area contributed by atoms with Crippen LogP contribution >= 0.6 is 11.6 Å². The number of anilines is 1. The van der Waals surface area contributed by atoms with Crippen molar-refractivity contribution in [2.45, 2.75) is 25.4 Å². The van der Waals surface area contributed by atoms with E-state index in [1.54, 1.807) is 0 Å². The van der Waals surface area contributed by atoms with E-state index < -0.39 is 0 Å². The minimum atomic E-state index is -0.0957. The molecule has 2 aromatic carbocycles. The molecular weight excluding hydrogens is 344 g/mol. The smallest absolute Gasteiger partial charge is 0.161 e. The van der Waals surface area contributed by atoms with Crippen molar-refractivity contribution in [3.63, 3.8) is 0 Å². The maximum atomic E-state index is 6.31. The third-order valence-corrected chi connectivity index (χ3v) is 5.26. The van der Waals surface area contributed by atoms with E-state index in [0.29, 0.717) is 5.02 Å². The van der Waals surface area contributed by atoms with Gasteiger partial charge in [0.1, 0.15) is 5.84 Å². The van der Waals surface area contributed by atoms with Crippen LogP contribution in [0.5, 0.6) is 0 Å². The molecule has 0 aliphatic carbocycles. The molecule has 26 heavy (non-hydrogen) atoms. The monoisotopic (exact) mass is 366 g/mol. The molecule has 2 aliphatic heterocycles. The molecule has 1 atom stereocenters. The summed E-state index contributed by atoms with van der Waals surface area (Å²) in [7, 11) is 1.83. The molecule has 0 radical (unpaired) electrons. The quantitative estimate of drug-likeness (QED) is 0.853. The third-order valence-electron chi connectivity index (χ3n) is 5.02. The topological polar surface area (TPSA) is 40.0 Å². The molecule has 5 heteroatoms. The molecule has 4 nitrogen and oxygen atoms in total. The maximum absolute atomic E-state index is 6.31. The second-order valence-electron chi connectivity index (χ2n) is 6.74. The average molecular weight is 367 g/mol. The number of nitrogens with one attached hydrogen (secondary N) is 1. The zero-order valence-electron chi connectivity index (χ0n) is 15.0. The van der Waals surface area contributed by atoms with Crippen LogP contribution in [-0.4, -0.2) is 42.8 Å². The van der Waals surface area contributed by atoms with Crippen LogP contribution in [0, 0.1) is 0 Å². The fraction of sp³-hybridized carbons (Fsp3) is 0.333. The number of hydrogen-bond acceptors (Lipinski definition) is 3. The lowest BCUT2D eigenvalue weighted by Crippen LogP contribution is -2.45. The Morgan fingerprint density at radius 1 is 1.08 bits per heavy atom. The zero-order chi connectivity index (χ0) is 17.9. The fourth-order valence-electron chi connectivity index (χ4n) is 3.69. The van der Waals surface area contributed by atoms with Crippen molar-refractivity contribution in [2.24, 2.45) is 9.98 Å². The van der Waals surface area contributed by atoms with E-state index in [9.17, 15) is 0 Å². The van der Waals surface area contributed by atoms with Crippen LogP contribution in [0.1, 0.15) is 30.4 Å². The number of benzene rings is 2. The van der Waals surface area contributed by atoms with Gasteiger partial charge in [0.15, 0.2) is 6.17 Å². The second-order valence-corrected chi connectivity index (χ2v) is 7.17. The minimum absolute atomic E-state index is 0.0957. The molecule has 2 aromatic rings. The first kappa shape index (κ1) is 17.3. The molecule has 0 amide bonds. The van der Waals surface area contributed by atoms with E-state index in [1.165, 1.54) is 19.3 Å². The molecule has 134 valence electrons. The van der Waals surface area contributed by atoms with Gasteiger partial charge in [0.25, 0.3) is 0 Å². The molecule has 0 bridgehead atoms. The van der Waals surface area contributed by atoms with E-state index in [1.807, 2.05) is 43.4 Å². The first-order chi connectivity index (χ1) is 12.8. The fourth-order valence-corrected chi connectivity index (χ4v) is 3.86. The van der Waals surface area contributed by atoms with Gasteiger partial charge in [-0.25, -0.2) is 0 Å². The molecule has 1 N–H and O–H groups in total. The number of amidine groups is 1. The summed E-state index contributed by atoms with van der Waals surface area (Å²) in [6.07, 6.45) is 3.62. The van der Waals surface area contributed by atoms with Gasteiger partial charge in [0.2, 0.25) is 0 Å². The summed E-state index contributed by atoms with van der Waals surface area (Å²) in [4.78, 5) is 12.2. The molecule has 1 saturated heterocycles. The SMILES string of the molecule is CN=C1Nc2ccc(Cl)cc2C(c2ccccc2)=NC1N1CCCCC1. The van der Waals surface area contributed by atoms with Gasteiger partial charge in [0, 0.05) is 42.0 Å². The van der Waals surface area contributed by atoms with Crippen molar-refractivity contribution in [1.82, 2.24) is 4.90 Å². The Balaban J connectivity index is 1.87. The van der Waals surface area contributed by atoms with Crippen molar-refractivity contribution in [2.75, 3.05) is 25.5 Å². The van der Waals surface area contributed by atoms with E-state index >= 15 is 0 Å². The van der Waals surface area contributed by atoms with Crippen LogP contribution in [0.25, 0.3) is 0 Å². The summed E-state index contributed by atoms with van der Waals surface area (Å²) in [5, 5.41) is 4.23. The van der Waals surface area contributed by atoms with Crippen molar-refractivity contribution >= 4 is 28.8 Å². The van der Waals surface area contributed by atoms with Crippen molar-refractivity contribution < 1.29 is 0 Å². The van der Waals surface area contributed by atoms with Crippen LogP contribution in [0.4, 0.5) is 5.69 Å². The van der Waals surface area contributed by atoms with Crippen molar-refractivity contribution in [3.05, 3.63) is 64.7 Å². The van der Waals surface area contributed by atoms with Crippen LogP contribution in [0.3, 0.4) is 0 Å². The molecular formula is C21H23ClN4. The highest BCUT2D eigenvalue weighted by molar-refractivity contribution is 6.32. The predicted molar refractivity (Wildman–Crippen MR) is 110 cm³/mol. The Morgan fingerprint density at radius 3 is 2.58 bits per heavy atom. The van der Waals surface area contributed by atoms with Gasteiger partial charge in [-0.05, 0) is 31.0 Å². The van der Waals surface area contributed by atoms with Gasteiger partial charge in [-0.1, -0.05) is 48.4 Å². The highest BCUT2D eigenvalue weighted by Gasteiger charge is 2.29. The number of hydrogen-bond donors (Lipinski definition) is 1. The summed E-state index contributed by atoms with van der Waals surface area (Å²) in [6, 6.07) is 16.2. The standard InChI is InChI=1S/C21H23ClN4/c1-23-20-21(26-12-6-3-7-13-26)25-19(15-8-4-2-5-9-15)17-14-16(22)10-11-18(17)24-20/h2,4-5,8-11,14,21H,3,6-7,12-13H2,1H3,(H,23,24). The first-order valence-electron chi connectivity index (χ1n) is 9.17. The van der Waals surface area contributed by atoms with Gasteiger partial charge >= 0.3 is 0 Å². The number of likely N-dealkylation sites (tertiary alicyclic amines) is 1. The van der Waals surface area contributed by atoms with Crippen LogP contribution in [0.2, 0.25) is 5.02 Å². The molecule has 0 aromatic heterocycles. The van der Waals surface area contributed by atoms with Gasteiger partial charge in [-0.15, -0.1) is 0 Å². The molecule has 1 fully saturated rings. The van der Waals surface area contributed by atoms with E-state index in [-0.39, 0.29) is 6.17 Å². The highest BCUT2D eigenvalue weighted by atomic mass is 35.5. The zero-order valence-corrected chi connectivity index (χ0v) is 15.7. The van der Waals surface area contributed by atoms with Gasteiger partial charge in [-0.2, -0.15) is 0 Å². The molecule has 2 aliphatic rings. The largest absolute Gasteiger partial charge is 0.341 e. The molecule has 2 heterocycles. The highest BCUT2D eigenvalue weighted by Crippen LogP contribution is 2.29. The number of piperidine rings is 1. The van der Waals surface area contributed by atoms with Crippen LogP contribution < -0.4 is 5.32 Å². The lowest BCUT2D eigenvalue weighted by atomic mass is 10.0. The lowest BCUT2D eigenvalue weighted by Gasteiger charge is -2.32. The Labute approximate surface area is 159 Å². The third kappa shape index (κ3) is 3.39. The maximum Gasteiger partial charge on any atom is 0.161 e. The Morgan fingerprint density at radius 2 is 1.85 bits per heavy atom. The molecule has 0 saturated carbocycles. The Kier molecular flexibility index (Phi) is 5.05. The predicted octanol–water partition coefficient (Wildman–Crippen LogP) is 4.44. The van der Waals surface area contributed by atoms with Gasteiger partial charge < -0.3 is 5.32 Å². The Hall–Kier alpha value is -2.17. The summed E-state index contributed by atoms with van der Waals surface area (Å²) in [6.45, 7) is 2.10.